The van der Waals surface area contributed by atoms with Crippen LogP contribution in [0.4, 0.5) is 0 Å². The lowest BCUT2D eigenvalue weighted by Crippen LogP contribution is -2.40. The van der Waals surface area contributed by atoms with Crippen LogP contribution in [-0.4, -0.2) is 44.6 Å². The van der Waals surface area contributed by atoms with Crippen molar-refractivity contribution in [1.29, 1.82) is 0 Å². The molecule has 0 aliphatic carbocycles. The van der Waals surface area contributed by atoms with E-state index in [1.165, 1.54) is 0 Å². The summed E-state index contributed by atoms with van der Waals surface area (Å²) in [5.74, 6) is 1.54. The SMILES string of the molecule is CNCC1CCN(C(=O)c2ccc(OC)c(Br)c2)CC1.Cl. The number of ether oxygens (including phenoxy) is 1. The molecule has 118 valence electrons. The fourth-order valence-corrected chi connectivity index (χ4v) is 3.15. The summed E-state index contributed by atoms with van der Waals surface area (Å²) in [5, 5.41) is 3.21. The van der Waals surface area contributed by atoms with Gasteiger partial charge in [0.25, 0.3) is 5.91 Å². The maximum Gasteiger partial charge on any atom is 0.253 e. The van der Waals surface area contributed by atoms with Gasteiger partial charge in [-0.3, -0.25) is 4.79 Å². The molecule has 0 radical (unpaired) electrons. The standard InChI is InChI=1S/C15H21BrN2O2.ClH/c1-17-10-11-5-7-18(8-6-11)15(19)12-3-4-14(20-2)13(16)9-12;/h3-4,9,11,17H,5-8,10H2,1-2H3;1H. The maximum absolute atomic E-state index is 12.5. The van der Waals surface area contributed by atoms with Crippen molar-refractivity contribution in [2.24, 2.45) is 5.92 Å². The average Bonchev–Trinajstić information content (AvgIpc) is 2.47. The Balaban J connectivity index is 0.00000220. The van der Waals surface area contributed by atoms with Crippen molar-refractivity contribution in [3.63, 3.8) is 0 Å². The Kier molecular flexibility index (Phi) is 7.49. The van der Waals surface area contributed by atoms with Gasteiger partial charge in [0.1, 0.15) is 5.75 Å². The molecule has 0 saturated carbocycles. The van der Waals surface area contributed by atoms with Crippen LogP contribution < -0.4 is 10.1 Å². The monoisotopic (exact) mass is 376 g/mol. The first-order valence-corrected chi connectivity index (χ1v) is 7.72. The van der Waals surface area contributed by atoms with E-state index in [1.807, 2.05) is 30.1 Å². The quantitative estimate of drug-likeness (QED) is 0.877. The number of hydrogen-bond acceptors (Lipinski definition) is 3. The number of likely N-dealkylation sites (tertiary alicyclic amines) is 1. The topological polar surface area (TPSA) is 41.6 Å². The van der Waals surface area contributed by atoms with Crippen LogP contribution in [-0.2, 0) is 0 Å². The molecule has 0 unspecified atom stereocenters. The van der Waals surface area contributed by atoms with Gasteiger partial charge in [-0.1, -0.05) is 0 Å². The Bertz CT molecular complexity index is 477. The highest BCUT2D eigenvalue weighted by molar-refractivity contribution is 9.10. The molecule has 1 amide bonds. The van der Waals surface area contributed by atoms with Crippen LogP contribution in [0.15, 0.2) is 22.7 Å². The lowest BCUT2D eigenvalue weighted by atomic mass is 9.96. The molecular formula is C15H22BrClN2O2. The van der Waals surface area contributed by atoms with Crippen molar-refractivity contribution >= 4 is 34.2 Å². The molecule has 1 aliphatic heterocycles. The third kappa shape index (κ3) is 4.59. The van der Waals surface area contributed by atoms with E-state index < -0.39 is 0 Å². The summed E-state index contributed by atoms with van der Waals surface area (Å²) in [6.07, 6.45) is 2.15. The minimum absolute atomic E-state index is 0. The van der Waals surface area contributed by atoms with Gasteiger partial charge in [0.05, 0.1) is 11.6 Å². The summed E-state index contributed by atoms with van der Waals surface area (Å²) >= 11 is 3.43. The van der Waals surface area contributed by atoms with Crippen molar-refractivity contribution in [1.82, 2.24) is 10.2 Å². The summed E-state index contributed by atoms with van der Waals surface area (Å²) in [4.78, 5) is 14.4. The summed E-state index contributed by atoms with van der Waals surface area (Å²) in [6, 6.07) is 5.48. The number of piperidine rings is 1. The Morgan fingerprint density at radius 2 is 2.10 bits per heavy atom. The number of carbonyl (C=O) groups is 1. The molecule has 2 rings (SSSR count). The first-order chi connectivity index (χ1) is 9.65. The van der Waals surface area contributed by atoms with Gasteiger partial charge < -0.3 is 15.0 Å². The van der Waals surface area contributed by atoms with E-state index in [2.05, 4.69) is 21.2 Å². The Hall–Kier alpha value is -0.780. The van der Waals surface area contributed by atoms with E-state index in [0.717, 1.165) is 42.7 Å². The second-order valence-electron chi connectivity index (χ2n) is 5.14. The van der Waals surface area contributed by atoms with Gasteiger partial charge in [-0.2, -0.15) is 0 Å². The third-order valence-corrected chi connectivity index (χ3v) is 4.41. The molecule has 1 aromatic rings. The van der Waals surface area contributed by atoms with Crippen LogP contribution in [0.2, 0.25) is 0 Å². The van der Waals surface area contributed by atoms with Gasteiger partial charge in [-0.05, 0) is 66.5 Å². The molecule has 0 spiro atoms. The zero-order valence-electron chi connectivity index (χ0n) is 12.4. The van der Waals surface area contributed by atoms with Gasteiger partial charge in [-0.25, -0.2) is 0 Å². The van der Waals surface area contributed by atoms with E-state index in [0.29, 0.717) is 11.5 Å². The van der Waals surface area contributed by atoms with Crippen molar-refractivity contribution in [2.75, 3.05) is 33.8 Å². The Morgan fingerprint density at radius 3 is 2.62 bits per heavy atom. The van der Waals surface area contributed by atoms with Crippen LogP contribution in [0.1, 0.15) is 23.2 Å². The van der Waals surface area contributed by atoms with E-state index in [-0.39, 0.29) is 18.3 Å². The number of nitrogens with one attached hydrogen (secondary N) is 1. The molecule has 21 heavy (non-hydrogen) atoms. The number of hydrogen-bond donors (Lipinski definition) is 1. The maximum atomic E-state index is 12.5. The number of carbonyl (C=O) groups excluding carboxylic acids is 1. The number of rotatable bonds is 4. The molecule has 1 aromatic carbocycles. The lowest BCUT2D eigenvalue weighted by molar-refractivity contribution is 0.0691. The fraction of sp³-hybridized carbons (Fsp3) is 0.533. The van der Waals surface area contributed by atoms with Crippen LogP contribution in [0.3, 0.4) is 0 Å². The summed E-state index contributed by atoms with van der Waals surface area (Å²) in [7, 11) is 3.60. The summed E-state index contributed by atoms with van der Waals surface area (Å²) in [5.41, 5.74) is 0.713. The number of benzene rings is 1. The molecule has 6 heteroatoms. The predicted molar refractivity (Wildman–Crippen MR) is 90.5 cm³/mol. The molecule has 1 heterocycles. The van der Waals surface area contributed by atoms with Crippen molar-refractivity contribution in [3.8, 4) is 5.75 Å². The normalized spacial score (nSPS) is 15.5. The van der Waals surface area contributed by atoms with Crippen LogP contribution in [0.5, 0.6) is 5.75 Å². The number of halogens is 2. The first-order valence-electron chi connectivity index (χ1n) is 6.93. The fourth-order valence-electron chi connectivity index (χ4n) is 2.61. The highest BCUT2D eigenvalue weighted by Crippen LogP contribution is 2.27. The minimum Gasteiger partial charge on any atom is -0.496 e. The molecule has 0 bridgehead atoms. The second kappa shape index (κ2) is 8.61. The van der Waals surface area contributed by atoms with Gasteiger partial charge in [-0.15, -0.1) is 12.4 Å². The first kappa shape index (κ1) is 18.3. The van der Waals surface area contributed by atoms with Gasteiger partial charge >= 0.3 is 0 Å². The van der Waals surface area contributed by atoms with Gasteiger partial charge in [0, 0.05) is 18.7 Å². The van der Waals surface area contributed by atoms with E-state index in [1.54, 1.807) is 7.11 Å². The lowest BCUT2D eigenvalue weighted by Gasteiger charge is -2.32. The third-order valence-electron chi connectivity index (χ3n) is 3.79. The number of nitrogens with zero attached hydrogens (tertiary/aromatic N) is 1. The van der Waals surface area contributed by atoms with E-state index in [4.69, 9.17) is 4.74 Å². The highest BCUT2D eigenvalue weighted by Gasteiger charge is 2.23. The Morgan fingerprint density at radius 1 is 1.43 bits per heavy atom. The second-order valence-corrected chi connectivity index (χ2v) is 6.00. The molecule has 1 aliphatic rings. The summed E-state index contributed by atoms with van der Waals surface area (Å²) in [6.45, 7) is 2.72. The van der Waals surface area contributed by atoms with Crippen molar-refractivity contribution in [3.05, 3.63) is 28.2 Å². The van der Waals surface area contributed by atoms with Crippen molar-refractivity contribution in [2.45, 2.75) is 12.8 Å². The largest absolute Gasteiger partial charge is 0.496 e. The molecular weight excluding hydrogens is 356 g/mol. The van der Waals surface area contributed by atoms with Gasteiger partial charge in [0.15, 0.2) is 0 Å². The molecule has 0 atom stereocenters. The number of methoxy groups -OCH3 is 1. The number of amides is 1. The van der Waals surface area contributed by atoms with Crippen LogP contribution >= 0.6 is 28.3 Å². The van der Waals surface area contributed by atoms with E-state index in [9.17, 15) is 4.79 Å². The molecule has 1 N–H and O–H groups in total. The molecule has 4 nitrogen and oxygen atoms in total. The van der Waals surface area contributed by atoms with Crippen LogP contribution in [0, 0.1) is 5.92 Å². The average molecular weight is 378 g/mol. The molecule has 0 aromatic heterocycles. The highest BCUT2D eigenvalue weighted by atomic mass is 79.9. The predicted octanol–water partition coefficient (Wildman–Crippen LogP) is 2.95. The zero-order valence-corrected chi connectivity index (χ0v) is 14.8. The van der Waals surface area contributed by atoms with E-state index >= 15 is 0 Å². The summed E-state index contributed by atoms with van der Waals surface area (Å²) < 4.78 is 6.00. The van der Waals surface area contributed by atoms with Gasteiger partial charge in [0.2, 0.25) is 0 Å². The Labute approximate surface area is 140 Å². The minimum atomic E-state index is 0. The smallest absolute Gasteiger partial charge is 0.253 e. The zero-order chi connectivity index (χ0) is 14.5. The molecule has 1 saturated heterocycles. The van der Waals surface area contributed by atoms with Crippen molar-refractivity contribution < 1.29 is 9.53 Å². The molecule has 1 fully saturated rings. The van der Waals surface area contributed by atoms with Crippen LogP contribution in [0.25, 0.3) is 0 Å².